The predicted molar refractivity (Wildman–Crippen MR) is 92.1 cm³/mol. The molecule has 3 rings (SSSR count). The van der Waals surface area contributed by atoms with E-state index in [9.17, 15) is 14.4 Å². The highest BCUT2D eigenvalue weighted by molar-refractivity contribution is 6.01. The van der Waals surface area contributed by atoms with Gasteiger partial charge in [-0.15, -0.1) is 0 Å². The number of amides is 3. The quantitative estimate of drug-likeness (QED) is 0.894. The van der Waals surface area contributed by atoms with Gasteiger partial charge in [0.2, 0.25) is 11.8 Å². The third-order valence-electron chi connectivity index (χ3n) is 4.00. The Balaban J connectivity index is 1.70. The second kappa shape index (κ2) is 7.21. The Hall–Kier alpha value is -3.09. The van der Waals surface area contributed by atoms with E-state index in [1.807, 2.05) is 0 Å². The van der Waals surface area contributed by atoms with Gasteiger partial charge in [0, 0.05) is 24.8 Å². The number of carbonyl (C=O) groups is 3. The molecule has 0 spiro atoms. The molecule has 1 aromatic heterocycles. The zero-order chi connectivity index (χ0) is 17.8. The number of nitrogens with one attached hydrogen (secondary N) is 2. The molecule has 2 heterocycles. The lowest BCUT2D eigenvalue weighted by Crippen LogP contribution is -2.43. The lowest BCUT2D eigenvalue weighted by molar-refractivity contribution is -0.119. The number of anilines is 2. The highest BCUT2D eigenvalue weighted by Crippen LogP contribution is 2.23. The van der Waals surface area contributed by atoms with E-state index < -0.39 is 6.04 Å². The fourth-order valence-electron chi connectivity index (χ4n) is 2.93. The summed E-state index contributed by atoms with van der Waals surface area (Å²) in [7, 11) is 0. The van der Waals surface area contributed by atoms with Gasteiger partial charge in [-0.2, -0.15) is 0 Å². The smallest absolute Gasteiger partial charge is 0.290 e. The number of rotatable bonds is 4. The van der Waals surface area contributed by atoms with E-state index >= 15 is 0 Å². The molecular formula is C18H19N3O4. The minimum atomic E-state index is -0.540. The topological polar surface area (TPSA) is 91.7 Å². The minimum absolute atomic E-state index is 0.186. The first-order valence-corrected chi connectivity index (χ1v) is 8.07. The fourth-order valence-corrected chi connectivity index (χ4v) is 2.93. The SMILES string of the molecule is CC(=O)Nc1cccc(NC(=O)[C@@H]2CCCN2C(=O)c2ccco2)c1. The van der Waals surface area contributed by atoms with Crippen molar-refractivity contribution in [3.63, 3.8) is 0 Å². The van der Waals surface area contributed by atoms with Crippen LogP contribution in [0.3, 0.4) is 0 Å². The van der Waals surface area contributed by atoms with Crippen molar-refractivity contribution >= 4 is 29.1 Å². The molecule has 0 aliphatic carbocycles. The Bertz CT molecular complexity index is 785. The molecule has 3 amide bonds. The molecule has 1 atom stereocenters. The third-order valence-corrected chi connectivity index (χ3v) is 4.00. The Morgan fingerprint density at radius 2 is 1.88 bits per heavy atom. The molecule has 1 aliphatic heterocycles. The largest absolute Gasteiger partial charge is 0.459 e. The van der Waals surface area contributed by atoms with Gasteiger partial charge in [0.15, 0.2) is 5.76 Å². The number of hydrogen-bond donors (Lipinski definition) is 2. The van der Waals surface area contributed by atoms with E-state index in [1.165, 1.54) is 18.1 Å². The van der Waals surface area contributed by atoms with Crippen molar-refractivity contribution in [3.05, 3.63) is 48.4 Å². The van der Waals surface area contributed by atoms with Crippen molar-refractivity contribution in [1.29, 1.82) is 0 Å². The monoisotopic (exact) mass is 341 g/mol. The second-order valence-corrected chi connectivity index (χ2v) is 5.89. The summed E-state index contributed by atoms with van der Waals surface area (Å²) in [6.45, 7) is 1.94. The van der Waals surface area contributed by atoms with Crippen molar-refractivity contribution < 1.29 is 18.8 Å². The van der Waals surface area contributed by atoms with Crippen LogP contribution in [0.4, 0.5) is 11.4 Å². The van der Waals surface area contributed by atoms with Crippen LogP contribution in [0, 0.1) is 0 Å². The van der Waals surface area contributed by atoms with Crippen molar-refractivity contribution in [2.75, 3.05) is 17.2 Å². The maximum Gasteiger partial charge on any atom is 0.290 e. The summed E-state index contributed by atoms with van der Waals surface area (Å²) < 4.78 is 5.14. The number of furan rings is 1. The molecule has 1 aliphatic rings. The number of carbonyl (C=O) groups excluding carboxylic acids is 3. The van der Waals surface area contributed by atoms with Crippen molar-refractivity contribution in [1.82, 2.24) is 4.90 Å². The molecule has 0 radical (unpaired) electrons. The first-order chi connectivity index (χ1) is 12.0. The van der Waals surface area contributed by atoms with Gasteiger partial charge in [-0.1, -0.05) is 6.07 Å². The van der Waals surface area contributed by atoms with Gasteiger partial charge in [0.05, 0.1) is 6.26 Å². The highest BCUT2D eigenvalue weighted by Gasteiger charge is 2.35. The van der Waals surface area contributed by atoms with E-state index in [0.29, 0.717) is 24.3 Å². The van der Waals surface area contributed by atoms with Crippen LogP contribution < -0.4 is 10.6 Å². The van der Waals surface area contributed by atoms with Gasteiger partial charge in [0.1, 0.15) is 6.04 Å². The molecule has 7 nitrogen and oxygen atoms in total. The van der Waals surface area contributed by atoms with Crippen LogP contribution in [0.5, 0.6) is 0 Å². The molecule has 130 valence electrons. The summed E-state index contributed by atoms with van der Waals surface area (Å²) in [5.41, 5.74) is 1.16. The molecule has 1 aromatic carbocycles. The summed E-state index contributed by atoms with van der Waals surface area (Å²) in [6, 6.07) is 9.57. The summed E-state index contributed by atoms with van der Waals surface area (Å²) in [4.78, 5) is 37.7. The van der Waals surface area contributed by atoms with Crippen molar-refractivity contribution in [3.8, 4) is 0 Å². The number of likely N-dealkylation sites (tertiary alicyclic amines) is 1. The zero-order valence-corrected chi connectivity index (χ0v) is 13.8. The molecule has 0 bridgehead atoms. The van der Waals surface area contributed by atoms with Gasteiger partial charge in [-0.05, 0) is 43.2 Å². The van der Waals surface area contributed by atoms with Gasteiger partial charge in [-0.3, -0.25) is 14.4 Å². The summed E-state index contributed by atoms with van der Waals surface area (Å²) in [5, 5.41) is 5.48. The average molecular weight is 341 g/mol. The predicted octanol–water partition coefficient (Wildman–Crippen LogP) is 2.48. The molecule has 2 aromatic rings. The average Bonchev–Trinajstić information content (AvgIpc) is 3.26. The Morgan fingerprint density at radius 1 is 1.12 bits per heavy atom. The van der Waals surface area contributed by atoms with Crippen molar-refractivity contribution in [2.24, 2.45) is 0 Å². The number of benzene rings is 1. The third kappa shape index (κ3) is 3.88. The van der Waals surface area contributed by atoms with E-state index in [-0.39, 0.29) is 23.5 Å². The zero-order valence-electron chi connectivity index (χ0n) is 13.8. The molecule has 0 unspecified atom stereocenters. The normalized spacial score (nSPS) is 16.5. The van der Waals surface area contributed by atoms with Crippen LogP contribution in [0.25, 0.3) is 0 Å². The summed E-state index contributed by atoms with van der Waals surface area (Å²) >= 11 is 0. The van der Waals surface area contributed by atoms with E-state index in [0.717, 1.165) is 6.42 Å². The highest BCUT2D eigenvalue weighted by atomic mass is 16.3. The molecule has 7 heteroatoms. The van der Waals surface area contributed by atoms with E-state index in [2.05, 4.69) is 10.6 Å². The Labute approximate surface area is 145 Å². The van der Waals surface area contributed by atoms with Gasteiger partial charge >= 0.3 is 0 Å². The molecule has 0 saturated carbocycles. The standard InChI is InChI=1S/C18H19N3O4/c1-12(22)19-13-5-2-6-14(11-13)20-17(23)15-7-3-9-21(15)18(24)16-8-4-10-25-16/h2,4-6,8,10-11,15H,3,7,9H2,1H3,(H,19,22)(H,20,23)/t15-/m0/s1. The van der Waals surface area contributed by atoms with Crippen LogP contribution in [0.1, 0.15) is 30.3 Å². The lowest BCUT2D eigenvalue weighted by Gasteiger charge is -2.23. The van der Waals surface area contributed by atoms with E-state index in [4.69, 9.17) is 4.42 Å². The van der Waals surface area contributed by atoms with Crippen LogP contribution in [-0.4, -0.2) is 35.2 Å². The van der Waals surface area contributed by atoms with Crippen molar-refractivity contribution in [2.45, 2.75) is 25.8 Å². The number of hydrogen-bond acceptors (Lipinski definition) is 4. The molecular weight excluding hydrogens is 322 g/mol. The maximum absolute atomic E-state index is 12.6. The number of nitrogens with zero attached hydrogens (tertiary/aromatic N) is 1. The first-order valence-electron chi connectivity index (χ1n) is 8.07. The second-order valence-electron chi connectivity index (χ2n) is 5.89. The first kappa shape index (κ1) is 16.8. The van der Waals surface area contributed by atoms with Gasteiger partial charge < -0.3 is 20.0 Å². The Morgan fingerprint density at radius 3 is 2.56 bits per heavy atom. The minimum Gasteiger partial charge on any atom is -0.459 e. The van der Waals surface area contributed by atoms with Crippen LogP contribution in [-0.2, 0) is 9.59 Å². The summed E-state index contributed by atoms with van der Waals surface area (Å²) in [6.07, 6.45) is 2.80. The molecule has 25 heavy (non-hydrogen) atoms. The van der Waals surface area contributed by atoms with Crippen LogP contribution >= 0.6 is 0 Å². The molecule has 1 fully saturated rings. The molecule has 2 N–H and O–H groups in total. The lowest BCUT2D eigenvalue weighted by atomic mass is 10.2. The van der Waals surface area contributed by atoms with Gasteiger partial charge in [0.25, 0.3) is 5.91 Å². The van der Waals surface area contributed by atoms with Crippen LogP contribution in [0.2, 0.25) is 0 Å². The maximum atomic E-state index is 12.6. The van der Waals surface area contributed by atoms with E-state index in [1.54, 1.807) is 36.4 Å². The van der Waals surface area contributed by atoms with Gasteiger partial charge in [-0.25, -0.2) is 0 Å². The Kier molecular flexibility index (Phi) is 4.83. The summed E-state index contributed by atoms with van der Waals surface area (Å²) in [5.74, 6) is -0.492. The fraction of sp³-hybridized carbons (Fsp3) is 0.278. The van der Waals surface area contributed by atoms with Crippen LogP contribution in [0.15, 0.2) is 47.1 Å². The molecule has 1 saturated heterocycles.